The van der Waals surface area contributed by atoms with Gasteiger partial charge >= 0.3 is 0 Å². The Morgan fingerprint density at radius 2 is 2.46 bits per heavy atom. The fourth-order valence-corrected chi connectivity index (χ4v) is 2.44. The molecule has 2 heterocycles. The maximum Gasteiger partial charge on any atom is 0.156 e. The number of halogens is 1. The fraction of sp³-hybridized carbons (Fsp3) is 0.375. The summed E-state index contributed by atoms with van der Waals surface area (Å²) >= 11 is 7.47. The predicted molar refractivity (Wildman–Crippen MR) is 57.8 cm³/mol. The molecule has 0 aliphatic rings. The van der Waals surface area contributed by atoms with Crippen molar-refractivity contribution in [2.24, 2.45) is 7.05 Å². The molecule has 0 aliphatic heterocycles. The van der Waals surface area contributed by atoms with E-state index in [0.29, 0.717) is 0 Å². The molecule has 0 saturated carbocycles. The molecule has 0 atom stereocenters. The van der Waals surface area contributed by atoms with Crippen LogP contribution >= 0.6 is 22.9 Å². The second kappa shape index (κ2) is 3.20. The molecule has 2 aromatic rings. The minimum atomic E-state index is 0.808. The quantitative estimate of drug-likeness (QED) is 0.835. The minimum absolute atomic E-state index is 0.808. The molecule has 0 spiro atoms. The molecule has 0 bridgehead atoms. The van der Waals surface area contributed by atoms with E-state index >= 15 is 0 Å². The van der Waals surface area contributed by atoms with E-state index in [9.17, 15) is 0 Å². The Bertz CT molecular complexity index is 432. The van der Waals surface area contributed by atoms with Crippen LogP contribution in [0.25, 0.3) is 10.2 Å². The number of aryl methyl sites for hydroxylation is 1. The lowest BCUT2D eigenvalue weighted by molar-refractivity contribution is 0.803. The molecule has 0 radical (unpaired) electrons. The zero-order valence-corrected chi connectivity index (χ0v) is 9.04. The van der Waals surface area contributed by atoms with Gasteiger partial charge in [0.15, 0.2) is 5.82 Å². The van der Waals surface area contributed by atoms with E-state index in [-0.39, 0.29) is 0 Å². The normalized spacial score (nSPS) is 11.0. The summed E-state index contributed by atoms with van der Waals surface area (Å²) in [6, 6.07) is 1.95. The van der Waals surface area contributed by atoms with Gasteiger partial charge in [0.1, 0.15) is 4.83 Å². The molecule has 0 amide bonds. The maximum absolute atomic E-state index is 5.92. The Kier molecular flexibility index (Phi) is 2.17. The number of rotatable bonds is 2. The zero-order valence-electron chi connectivity index (χ0n) is 7.47. The first-order valence-electron chi connectivity index (χ1n) is 4.08. The van der Waals surface area contributed by atoms with Crippen LogP contribution in [0.15, 0.2) is 6.07 Å². The summed E-state index contributed by atoms with van der Waals surface area (Å²) in [4.78, 5) is 1.11. The van der Waals surface area contributed by atoms with Crippen LogP contribution in [0.3, 0.4) is 0 Å². The number of thiophene rings is 1. The van der Waals surface area contributed by atoms with Gasteiger partial charge in [0.2, 0.25) is 0 Å². The molecule has 0 fully saturated rings. The van der Waals surface area contributed by atoms with Gasteiger partial charge in [-0.1, -0.05) is 11.6 Å². The van der Waals surface area contributed by atoms with Crippen molar-refractivity contribution in [3.8, 4) is 0 Å². The third kappa shape index (κ3) is 1.40. The van der Waals surface area contributed by atoms with Crippen LogP contribution in [0.4, 0.5) is 5.82 Å². The number of nitrogens with one attached hydrogen (secondary N) is 1. The first-order valence-corrected chi connectivity index (χ1v) is 5.27. The van der Waals surface area contributed by atoms with Crippen molar-refractivity contribution in [3.63, 3.8) is 0 Å². The highest BCUT2D eigenvalue weighted by Crippen LogP contribution is 2.33. The summed E-state index contributed by atoms with van der Waals surface area (Å²) in [6.45, 7) is 2.92. The van der Waals surface area contributed by atoms with Gasteiger partial charge in [-0.3, -0.25) is 4.68 Å². The largest absolute Gasteiger partial charge is 0.368 e. The molecule has 2 rings (SSSR count). The van der Waals surface area contributed by atoms with E-state index < -0.39 is 0 Å². The molecular formula is C8H10ClN3S. The molecule has 0 aliphatic carbocycles. The zero-order chi connectivity index (χ0) is 9.42. The van der Waals surface area contributed by atoms with Gasteiger partial charge in [0.25, 0.3) is 0 Å². The number of hydrogen-bond acceptors (Lipinski definition) is 3. The van der Waals surface area contributed by atoms with Crippen LogP contribution in [0.2, 0.25) is 4.34 Å². The second-order valence-electron chi connectivity index (χ2n) is 2.77. The molecule has 0 unspecified atom stereocenters. The third-order valence-corrected chi connectivity index (χ3v) is 3.16. The van der Waals surface area contributed by atoms with Gasteiger partial charge in [-0.15, -0.1) is 11.3 Å². The van der Waals surface area contributed by atoms with Crippen molar-refractivity contribution < 1.29 is 0 Å². The Morgan fingerprint density at radius 1 is 1.69 bits per heavy atom. The summed E-state index contributed by atoms with van der Waals surface area (Å²) in [6.07, 6.45) is 0. The first kappa shape index (κ1) is 8.84. The van der Waals surface area contributed by atoms with Gasteiger partial charge in [-0.25, -0.2) is 0 Å². The minimum Gasteiger partial charge on any atom is -0.368 e. The number of hydrogen-bond donors (Lipinski definition) is 1. The van der Waals surface area contributed by atoms with Crippen LogP contribution in [0.1, 0.15) is 6.92 Å². The van der Waals surface area contributed by atoms with E-state index in [1.54, 1.807) is 11.3 Å². The van der Waals surface area contributed by atoms with Crippen molar-refractivity contribution in [1.82, 2.24) is 9.78 Å². The maximum atomic E-state index is 5.92. The van der Waals surface area contributed by atoms with Gasteiger partial charge in [-0.05, 0) is 13.0 Å². The summed E-state index contributed by atoms with van der Waals surface area (Å²) in [5, 5.41) is 8.65. The standard InChI is InChI=1S/C8H10ClN3S/c1-3-10-7-5-4-6(9)13-8(5)12(2)11-7/h4H,3H2,1-2H3,(H,10,11). The van der Waals surface area contributed by atoms with Crippen LogP contribution in [0, 0.1) is 0 Å². The van der Waals surface area contributed by atoms with E-state index in [2.05, 4.69) is 17.3 Å². The van der Waals surface area contributed by atoms with Gasteiger partial charge < -0.3 is 5.32 Å². The second-order valence-corrected chi connectivity index (χ2v) is 4.43. The van der Waals surface area contributed by atoms with Crippen molar-refractivity contribution in [1.29, 1.82) is 0 Å². The molecule has 0 saturated heterocycles. The molecule has 0 aromatic carbocycles. The Balaban J connectivity index is 2.61. The van der Waals surface area contributed by atoms with Gasteiger partial charge in [0.05, 0.1) is 9.72 Å². The number of fused-ring (bicyclic) bond motifs is 1. The number of aromatic nitrogens is 2. The average Bonchev–Trinajstić information content (AvgIpc) is 2.55. The number of nitrogens with zero attached hydrogens (tertiary/aromatic N) is 2. The van der Waals surface area contributed by atoms with Crippen LogP contribution < -0.4 is 5.32 Å². The van der Waals surface area contributed by atoms with E-state index in [4.69, 9.17) is 11.6 Å². The van der Waals surface area contributed by atoms with Gasteiger partial charge in [0, 0.05) is 13.6 Å². The average molecular weight is 216 g/mol. The van der Waals surface area contributed by atoms with Crippen molar-refractivity contribution in [3.05, 3.63) is 10.4 Å². The fourth-order valence-electron chi connectivity index (χ4n) is 1.31. The Hall–Kier alpha value is -0.740. The molecule has 2 aromatic heterocycles. The van der Waals surface area contributed by atoms with E-state index in [1.807, 2.05) is 17.8 Å². The smallest absolute Gasteiger partial charge is 0.156 e. The monoisotopic (exact) mass is 215 g/mol. The molecule has 1 N–H and O–H groups in total. The van der Waals surface area contributed by atoms with Crippen molar-refractivity contribution >= 4 is 39.0 Å². The highest BCUT2D eigenvalue weighted by molar-refractivity contribution is 7.22. The lowest BCUT2D eigenvalue weighted by atomic mass is 10.4. The topological polar surface area (TPSA) is 29.9 Å². The van der Waals surface area contributed by atoms with Crippen LogP contribution in [-0.4, -0.2) is 16.3 Å². The van der Waals surface area contributed by atoms with Crippen LogP contribution in [0.5, 0.6) is 0 Å². The highest BCUT2D eigenvalue weighted by Gasteiger charge is 2.10. The van der Waals surface area contributed by atoms with Crippen molar-refractivity contribution in [2.45, 2.75) is 6.92 Å². The predicted octanol–water partition coefficient (Wildman–Crippen LogP) is 2.72. The number of anilines is 1. The first-order chi connectivity index (χ1) is 6.22. The van der Waals surface area contributed by atoms with Crippen LogP contribution in [-0.2, 0) is 7.05 Å². The molecule has 13 heavy (non-hydrogen) atoms. The summed E-state index contributed by atoms with van der Waals surface area (Å²) < 4.78 is 2.66. The summed E-state index contributed by atoms with van der Waals surface area (Å²) in [5.41, 5.74) is 0. The molecular weight excluding hydrogens is 206 g/mol. The SMILES string of the molecule is CCNc1nn(C)c2sc(Cl)cc12. The third-order valence-electron chi connectivity index (χ3n) is 1.83. The Morgan fingerprint density at radius 3 is 3.15 bits per heavy atom. The van der Waals surface area contributed by atoms with Gasteiger partial charge in [-0.2, -0.15) is 5.10 Å². The summed E-state index contributed by atoms with van der Waals surface area (Å²) in [5.74, 6) is 0.920. The summed E-state index contributed by atoms with van der Waals surface area (Å²) in [7, 11) is 1.93. The van der Waals surface area contributed by atoms with Crippen molar-refractivity contribution in [2.75, 3.05) is 11.9 Å². The molecule has 3 nitrogen and oxygen atoms in total. The lowest BCUT2D eigenvalue weighted by Gasteiger charge is -1.95. The lowest BCUT2D eigenvalue weighted by Crippen LogP contribution is -1.98. The Labute approximate surface area is 85.3 Å². The molecule has 70 valence electrons. The highest BCUT2D eigenvalue weighted by atomic mass is 35.5. The molecule has 5 heteroatoms. The van der Waals surface area contributed by atoms with E-state index in [1.165, 1.54) is 0 Å². The van der Waals surface area contributed by atoms with E-state index in [0.717, 1.165) is 26.9 Å².